The zero-order valence-corrected chi connectivity index (χ0v) is 12.8. The fraction of sp³-hybridized carbons (Fsp3) is 0.294. The average Bonchev–Trinajstić information content (AvgIpc) is 3.10. The van der Waals surface area contributed by atoms with Crippen LogP contribution < -0.4 is 5.32 Å². The highest BCUT2D eigenvalue weighted by Crippen LogP contribution is 2.24. The average molecular weight is 284 g/mol. The van der Waals surface area contributed by atoms with Crippen molar-refractivity contribution in [3.63, 3.8) is 0 Å². The molecule has 3 heteroatoms. The van der Waals surface area contributed by atoms with E-state index in [2.05, 4.69) is 71.8 Å². The van der Waals surface area contributed by atoms with Crippen molar-refractivity contribution >= 4 is 22.2 Å². The summed E-state index contributed by atoms with van der Waals surface area (Å²) in [4.78, 5) is 1.42. The van der Waals surface area contributed by atoms with Gasteiger partial charge in [0.2, 0.25) is 0 Å². The van der Waals surface area contributed by atoms with E-state index >= 15 is 0 Å². The Morgan fingerprint density at radius 1 is 1.20 bits per heavy atom. The minimum atomic E-state index is 0.453. The largest absolute Gasteiger partial charge is 0.350 e. The molecule has 0 amide bonds. The Morgan fingerprint density at radius 3 is 2.80 bits per heavy atom. The van der Waals surface area contributed by atoms with E-state index in [-0.39, 0.29) is 0 Å². The number of hydrogen-bond acceptors (Lipinski definition) is 2. The molecule has 3 aromatic rings. The van der Waals surface area contributed by atoms with Gasteiger partial charge >= 0.3 is 0 Å². The van der Waals surface area contributed by atoms with Crippen LogP contribution >= 0.6 is 11.3 Å². The molecule has 0 aliphatic rings. The Balaban J connectivity index is 1.80. The van der Waals surface area contributed by atoms with Crippen molar-refractivity contribution in [2.45, 2.75) is 25.9 Å². The highest BCUT2D eigenvalue weighted by atomic mass is 32.1. The smallest absolute Gasteiger partial charge is 0.0481 e. The van der Waals surface area contributed by atoms with Gasteiger partial charge in [0.15, 0.2) is 0 Å². The van der Waals surface area contributed by atoms with Crippen LogP contribution in [-0.2, 0) is 13.6 Å². The summed E-state index contributed by atoms with van der Waals surface area (Å²) in [6, 6.07) is 13.4. The number of para-hydroxylation sites is 1. The molecule has 0 fully saturated rings. The molecule has 3 rings (SSSR count). The Morgan fingerprint density at radius 2 is 2.05 bits per heavy atom. The summed E-state index contributed by atoms with van der Waals surface area (Å²) >= 11 is 1.83. The Hall–Kier alpha value is -1.58. The van der Waals surface area contributed by atoms with Gasteiger partial charge in [-0.2, -0.15) is 0 Å². The first-order valence-corrected chi connectivity index (χ1v) is 7.97. The Bertz CT molecular complexity index is 682. The van der Waals surface area contributed by atoms with Crippen LogP contribution in [0.4, 0.5) is 0 Å². The molecule has 1 atom stereocenters. The van der Waals surface area contributed by atoms with Crippen LogP contribution in [0, 0.1) is 0 Å². The molecule has 2 aromatic heterocycles. The standard InChI is InChI=1S/C17H20N2S/c1-3-15(17-9-6-10-20-17)18-11-13-12-19(2)16-8-5-4-7-14(13)16/h4-10,12,15,18H,3,11H2,1-2H3. The molecule has 20 heavy (non-hydrogen) atoms. The second-order valence-corrected chi connectivity index (χ2v) is 6.12. The maximum absolute atomic E-state index is 3.69. The molecular formula is C17H20N2S. The molecule has 0 radical (unpaired) electrons. The maximum Gasteiger partial charge on any atom is 0.0481 e. The Labute approximate surface area is 124 Å². The lowest BCUT2D eigenvalue weighted by Gasteiger charge is -2.15. The molecule has 2 heterocycles. The number of nitrogens with zero attached hydrogens (tertiary/aromatic N) is 1. The van der Waals surface area contributed by atoms with Crippen molar-refractivity contribution in [1.29, 1.82) is 0 Å². The van der Waals surface area contributed by atoms with Gasteiger partial charge in [-0.05, 0) is 29.5 Å². The second-order valence-electron chi connectivity index (χ2n) is 5.14. The number of rotatable bonds is 5. The van der Waals surface area contributed by atoms with Crippen molar-refractivity contribution < 1.29 is 0 Å². The van der Waals surface area contributed by atoms with Crippen LogP contribution in [0.5, 0.6) is 0 Å². The number of aromatic nitrogens is 1. The molecule has 0 saturated carbocycles. The van der Waals surface area contributed by atoms with E-state index in [0.29, 0.717) is 6.04 Å². The molecule has 1 unspecified atom stereocenters. The zero-order chi connectivity index (χ0) is 13.9. The van der Waals surface area contributed by atoms with Crippen LogP contribution in [-0.4, -0.2) is 4.57 Å². The number of aryl methyl sites for hydroxylation is 1. The fourth-order valence-corrected chi connectivity index (χ4v) is 3.62. The summed E-state index contributed by atoms with van der Waals surface area (Å²) in [6.45, 7) is 3.15. The van der Waals surface area contributed by atoms with Gasteiger partial charge in [-0.1, -0.05) is 31.2 Å². The third-order valence-corrected chi connectivity index (χ3v) is 4.80. The molecular weight excluding hydrogens is 264 g/mol. The molecule has 0 aliphatic carbocycles. The van der Waals surface area contributed by atoms with Crippen molar-refractivity contribution in [3.05, 3.63) is 58.4 Å². The van der Waals surface area contributed by atoms with Gasteiger partial charge in [0.1, 0.15) is 0 Å². The minimum absolute atomic E-state index is 0.453. The van der Waals surface area contributed by atoms with E-state index in [1.807, 2.05) is 11.3 Å². The van der Waals surface area contributed by atoms with E-state index in [9.17, 15) is 0 Å². The van der Waals surface area contributed by atoms with Gasteiger partial charge in [-0.15, -0.1) is 11.3 Å². The van der Waals surface area contributed by atoms with E-state index in [4.69, 9.17) is 0 Å². The highest BCUT2D eigenvalue weighted by Gasteiger charge is 2.11. The summed E-state index contributed by atoms with van der Waals surface area (Å²) in [5.74, 6) is 0. The monoisotopic (exact) mass is 284 g/mol. The van der Waals surface area contributed by atoms with Gasteiger partial charge in [0.25, 0.3) is 0 Å². The highest BCUT2D eigenvalue weighted by molar-refractivity contribution is 7.10. The van der Waals surface area contributed by atoms with Crippen LogP contribution in [0.1, 0.15) is 29.8 Å². The lowest BCUT2D eigenvalue weighted by molar-refractivity contribution is 0.527. The van der Waals surface area contributed by atoms with E-state index in [1.165, 1.54) is 21.3 Å². The van der Waals surface area contributed by atoms with Gasteiger partial charge in [-0.25, -0.2) is 0 Å². The molecule has 1 N–H and O–H groups in total. The van der Waals surface area contributed by atoms with E-state index < -0.39 is 0 Å². The van der Waals surface area contributed by atoms with Crippen LogP contribution in [0.25, 0.3) is 10.9 Å². The van der Waals surface area contributed by atoms with E-state index in [1.54, 1.807) is 0 Å². The van der Waals surface area contributed by atoms with Gasteiger partial charge in [-0.3, -0.25) is 0 Å². The predicted octanol–water partition coefficient (Wildman–Crippen LogP) is 4.48. The quantitative estimate of drug-likeness (QED) is 0.731. The second kappa shape index (κ2) is 5.81. The number of hydrogen-bond donors (Lipinski definition) is 1. The molecule has 0 aliphatic heterocycles. The lowest BCUT2D eigenvalue weighted by Crippen LogP contribution is -2.19. The van der Waals surface area contributed by atoms with Crippen LogP contribution in [0.3, 0.4) is 0 Å². The van der Waals surface area contributed by atoms with Crippen molar-refractivity contribution in [3.8, 4) is 0 Å². The topological polar surface area (TPSA) is 17.0 Å². The summed E-state index contributed by atoms with van der Waals surface area (Å²) < 4.78 is 2.21. The normalized spacial score (nSPS) is 12.9. The minimum Gasteiger partial charge on any atom is -0.350 e. The first kappa shape index (κ1) is 13.4. The first-order chi connectivity index (χ1) is 9.79. The molecule has 0 spiro atoms. The first-order valence-electron chi connectivity index (χ1n) is 7.09. The van der Waals surface area contributed by atoms with Gasteiger partial charge in [0, 0.05) is 41.6 Å². The summed E-state index contributed by atoms with van der Waals surface area (Å²) in [5, 5.41) is 7.19. The number of nitrogens with one attached hydrogen (secondary N) is 1. The molecule has 104 valence electrons. The van der Waals surface area contributed by atoms with Crippen molar-refractivity contribution in [2.24, 2.45) is 7.05 Å². The molecule has 1 aromatic carbocycles. The lowest BCUT2D eigenvalue weighted by atomic mass is 10.1. The van der Waals surface area contributed by atoms with Gasteiger partial charge < -0.3 is 9.88 Å². The molecule has 0 bridgehead atoms. The zero-order valence-electron chi connectivity index (χ0n) is 12.0. The SMILES string of the molecule is CCC(NCc1cn(C)c2ccccc12)c1cccs1. The summed E-state index contributed by atoms with van der Waals surface area (Å²) in [6.07, 6.45) is 3.35. The Kier molecular flexibility index (Phi) is 3.90. The molecule has 2 nitrogen and oxygen atoms in total. The fourth-order valence-electron chi connectivity index (χ4n) is 2.74. The van der Waals surface area contributed by atoms with Gasteiger partial charge in [0.05, 0.1) is 0 Å². The van der Waals surface area contributed by atoms with Crippen molar-refractivity contribution in [1.82, 2.24) is 9.88 Å². The summed E-state index contributed by atoms with van der Waals surface area (Å²) in [7, 11) is 2.11. The number of benzene rings is 1. The maximum atomic E-state index is 3.69. The van der Waals surface area contributed by atoms with Crippen molar-refractivity contribution in [2.75, 3.05) is 0 Å². The molecule has 0 saturated heterocycles. The number of thiophene rings is 1. The number of fused-ring (bicyclic) bond motifs is 1. The third-order valence-electron chi connectivity index (χ3n) is 3.81. The third kappa shape index (κ3) is 2.51. The van der Waals surface area contributed by atoms with Crippen LogP contribution in [0.15, 0.2) is 48.0 Å². The predicted molar refractivity (Wildman–Crippen MR) is 87.1 cm³/mol. The van der Waals surface area contributed by atoms with E-state index in [0.717, 1.165) is 13.0 Å². The summed E-state index contributed by atoms with van der Waals surface area (Å²) in [5.41, 5.74) is 2.67. The van der Waals surface area contributed by atoms with Crippen LogP contribution in [0.2, 0.25) is 0 Å².